The SMILES string of the molecule is CN1CCN(C(=O)c2cnc(-c3cc(Cl)c4oc(CCC(=O)/C=C/c5ccc(N)nc5)cc4c3)nc2)CC1.CN1CCNCC1.Nc1ccc(/C=C/C(=O)CCc2cc3cc(-c4ncc(C(=O)O)cn4)cc(Cl)c3o2)cn1. The molecule has 10 rings (SSSR count). The highest BCUT2D eigenvalue weighted by molar-refractivity contribution is 6.35. The van der Waals surface area contributed by atoms with Gasteiger partial charge < -0.3 is 45.4 Å². The first-order valence-corrected chi connectivity index (χ1v) is 25.4. The lowest BCUT2D eigenvalue weighted by molar-refractivity contribution is -0.115. The van der Waals surface area contributed by atoms with Crippen LogP contribution in [0.5, 0.6) is 0 Å². The van der Waals surface area contributed by atoms with E-state index in [0.29, 0.717) is 98.6 Å². The maximum absolute atomic E-state index is 12.8. The Balaban J connectivity index is 0.000000182. The topological polar surface area (TPSA) is 266 Å². The maximum atomic E-state index is 12.8. The predicted octanol–water partition coefficient (Wildman–Crippen LogP) is 8.08. The summed E-state index contributed by atoms with van der Waals surface area (Å²) in [4.78, 5) is 79.6. The standard InChI is InChI=1S/C28H27ClN6O3.C23H17ClN4O4.C5H12N2/c1-34-8-10-35(11-9-34)28(37)21-16-32-27(33-17-21)20-12-19-13-23(38-26(19)24(29)14-20)6-5-22(36)4-2-18-3-7-25(30)31-15-18;24-19-9-15(22-27-11-16(12-28-22)23(30)31)7-14-8-18(32-21(14)19)5-4-17(29)3-1-13-2-6-20(25)26-10-13;1-7-4-2-6-3-5-7/h2-4,7,12-17H,5-6,8-11H2,1H3,(H2,30,31);1-3,6-12H,4-5H2,(H2,25,26)(H,30,31);6H,2-5H2,1H3/b4-2+;3-1+;. The molecule has 6 N–H and O–H groups in total. The number of benzene rings is 2. The first-order chi connectivity index (χ1) is 37.1. The van der Waals surface area contributed by atoms with Crippen molar-refractivity contribution >= 4 is 92.4 Å². The van der Waals surface area contributed by atoms with Gasteiger partial charge in [-0.3, -0.25) is 14.4 Å². The van der Waals surface area contributed by atoms with Gasteiger partial charge in [-0.1, -0.05) is 23.2 Å². The molecule has 77 heavy (non-hydrogen) atoms. The molecule has 2 aromatic carbocycles. The fourth-order valence-electron chi connectivity index (χ4n) is 8.04. The summed E-state index contributed by atoms with van der Waals surface area (Å²) >= 11 is 12.9. The molecule has 6 aromatic heterocycles. The molecule has 2 aliphatic heterocycles. The number of aryl methyl sites for hydroxylation is 2. The zero-order valence-electron chi connectivity index (χ0n) is 42.4. The van der Waals surface area contributed by atoms with Crippen LogP contribution in [0.2, 0.25) is 10.0 Å². The van der Waals surface area contributed by atoms with Gasteiger partial charge in [-0.05, 0) is 110 Å². The summed E-state index contributed by atoms with van der Waals surface area (Å²) in [5, 5.41) is 14.6. The van der Waals surface area contributed by atoms with Crippen LogP contribution < -0.4 is 16.8 Å². The molecule has 396 valence electrons. The second-order valence-corrected chi connectivity index (χ2v) is 19.2. The van der Waals surface area contributed by atoms with E-state index in [1.165, 1.54) is 37.6 Å². The van der Waals surface area contributed by atoms with E-state index in [0.717, 1.165) is 48.1 Å². The monoisotopic (exact) mass is 1080 g/mol. The number of pyridine rings is 2. The van der Waals surface area contributed by atoms with Crippen molar-refractivity contribution in [1.29, 1.82) is 0 Å². The molecule has 0 radical (unpaired) electrons. The van der Waals surface area contributed by atoms with Crippen LogP contribution in [-0.4, -0.2) is 140 Å². The number of halogens is 2. The first-order valence-electron chi connectivity index (χ1n) is 24.7. The van der Waals surface area contributed by atoms with Gasteiger partial charge in [0, 0.05) is 137 Å². The Morgan fingerprint density at radius 2 is 1.04 bits per heavy atom. The number of aromatic carboxylic acids is 1. The number of furan rings is 2. The number of aromatic nitrogens is 6. The van der Waals surface area contributed by atoms with Gasteiger partial charge in [0.15, 0.2) is 34.4 Å². The third-order valence-corrected chi connectivity index (χ3v) is 13.0. The molecule has 0 atom stereocenters. The Morgan fingerprint density at radius 3 is 1.44 bits per heavy atom. The van der Waals surface area contributed by atoms with Crippen LogP contribution in [0.4, 0.5) is 11.6 Å². The quantitative estimate of drug-likeness (QED) is 0.0750. The molecule has 8 aromatic rings. The number of rotatable bonds is 14. The van der Waals surface area contributed by atoms with E-state index in [-0.39, 0.29) is 35.9 Å². The number of carboxylic acid groups (broad SMARTS) is 1. The van der Waals surface area contributed by atoms with E-state index in [2.05, 4.69) is 52.1 Å². The molecule has 2 saturated heterocycles. The van der Waals surface area contributed by atoms with Gasteiger partial charge in [-0.15, -0.1) is 0 Å². The Morgan fingerprint density at radius 1 is 0.597 bits per heavy atom. The van der Waals surface area contributed by atoms with Crippen LogP contribution >= 0.6 is 23.2 Å². The summed E-state index contributed by atoms with van der Waals surface area (Å²) in [6.07, 6.45) is 16.6. The number of nitrogen functional groups attached to an aromatic ring is 2. The number of piperazine rings is 2. The highest BCUT2D eigenvalue weighted by atomic mass is 35.5. The van der Waals surface area contributed by atoms with Gasteiger partial charge in [0.05, 0.1) is 21.2 Å². The van der Waals surface area contributed by atoms with Crippen LogP contribution in [0, 0.1) is 0 Å². The van der Waals surface area contributed by atoms with Crippen LogP contribution in [0.1, 0.15) is 56.2 Å². The van der Waals surface area contributed by atoms with E-state index in [4.69, 9.17) is 48.6 Å². The number of hydrogen-bond acceptors (Lipinski definition) is 17. The first kappa shape index (κ1) is 55.0. The summed E-state index contributed by atoms with van der Waals surface area (Å²) in [6.45, 7) is 7.82. The van der Waals surface area contributed by atoms with Crippen LogP contribution in [0.15, 0.2) is 119 Å². The summed E-state index contributed by atoms with van der Waals surface area (Å²) in [7, 11) is 4.20. The molecule has 2 fully saturated rings. The molecule has 0 aliphatic carbocycles. The van der Waals surface area contributed by atoms with Gasteiger partial charge in [-0.2, -0.15) is 0 Å². The molecule has 8 heterocycles. The minimum atomic E-state index is -1.10. The molecule has 0 bridgehead atoms. The van der Waals surface area contributed by atoms with Crippen molar-refractivity contribution < 1.29 is 33.1 Å². The fraction of sp³-hybridized carbons (Fsp3) is 0.250. The molecular weight excluding hydrogens is 1020 g/mol. The van der Waals surface area contributed by atoms with Gasteiger partial charge in [0.25, 0.3) is 5.91 Å². The van der Waals surface area contributed by atoms with Crippen LogP contribution in [0.3, 0.4) is 0 Å². The average Bonchev–Trinajstić information content (AvgIpc) is 4.09. The third kappa shape index (κ3) is 15.5. The number of carbonyl (C=O) groups is 4. The fourth-order valence-corrected chi connectivity index (χ4v) is 8.57. The Bertz CT molecular complexity index is 3410. The largest absolute Gasteiger partial charge is 0.478 e. The maximum Gasteiger partial charge on any atom is 0.338 e. The lowest BCUT2D eigenvalue weighted by Crippen LogP contribution is -2.47. The molecule has 2 aliphatic rings. The molecule has 19 nitrogen and oxygen atoms in total. The van der Waals surface area contributed by atoms with E-state index >= 15 is 0 Å². The Hall–Kier alpha value is -8.20. The van der Waals surface area contributed by atoms with Crippen molar-refractivity contribution in [1.82, 2.24) is 49.9 Å². The van der Waals surface area contributed by atoms with Crippen LogP contribution in [-0.2, 0) is 22.4 Å². The highest BCUT2D eigenvalue weighted by Gasteiger charge is 2.22. The summed E-state index contributed by atoms with van der Waals surface area (Å²) in [6, 6.07) is 17.7. The van der Waals surface area contributed by atoms with Crippen molar-refractivity contribution in [2.75, 3.05) is 77.9 Å². The van der Waals surface area contributed by atoms with Gasteiger partial charge in [0.2, 0.25) is 0 Å². The summed E-state index contributed by atoms with van der Waals surface area (Å²) in [5.74, 6) is 1.69. The molecular formula is C56H56Cl2N12O7. The minimum absolute atomic E-state index is 0.00195. The van der Waals surface area contributed by atoms with Crippen molar-refractivity contribution in [3.05, 3.63) is 154 Å². The number of nitrogens with one attached hydrogen (secondary N) is 1. The summed E-state index contributed by atoms with van der Waals surface area (Å²) < 4.78 is 11.7. The molecule has 1 amide bonds. The molecule has 0 unspecified atom stereocenters. The second kappa shape index (κ2) is 26.0. The molecule has 21 heteroatoms. The zero-order valence-corrected chi connectivity index (χ0v) is 43.9. The number of likely N-dealkylation sites (N-methyl/N-ethyl adjacent to an activating group) is 2. The molecule has 0 spiro atoms. The van der Waals surface area contributed by atoms with E-state index in [1.807, 2.05) is 30.1 Å². The number of carboxylic acids is 1. The number of ketones is 2. The normalized spacial score (nSPS) is 14.1. The highest BCUT2D eigenvalue weighted by Crippen LogP contribution is 2.34. The van der Waals surface area contributed by atoms with Gasteiger partial charge >= 0.3 is 5.97 Å². The number of nitrogens with two attached hydrogens (primary N) is 2. The van der Waals surface area contributed by atoms with Crippen molar-refractivity contribution in [3.63, 3.8) is 0 Å². The number of anilines is 2. The number of hydrogen-bond donors (Lipinski definition) is 4. The predicted molar refractivity (Wildman–Crippen MR) is 297 cm³/mol. The van der Waals surface area contributed by atoms with Gasteiger partial charge in [-0.25, -0.2) is 34.7 Å². The summed E-state index contributed by atoms with van der Waals surface area (Å²) in [5.41, 5.74) is 15.6. The van der Waals surface area contributed by atoms with E-state index in [1.54, 1.807) is 79.4 Å². The third-order valence-electron chi connectivity index (χ3n) is 12.5. The number of carbonyl (C=O) groups excluding carboxylic acids is 3. The number of amides is 1. The van der Waals surface area contributed by atoms with Crippen LogP contribution in [0.25, 0.3) is 56.9 Å². The smallest absolute Gasteiger partial charge is 0.338 e. The van der Waals surface area contributed by atoms with E-state index in [9.17, 15) is 19.2 Å². The second-order valence-electron chi connectivity index (χ2n) is 18.4. The Labute approximate surface area is 453 Å². The average molecular weight is 1080 g/mol. The zero-order chi connectivity index (χ0) is 54.4. The van der Waals surface area contributed by atoms with Crippen molar-refractivity contribution in [3.8, 4) is 22.8 Å². The van der Waals surface area contributed by atoms with Gasteiger partial charge in [0.1, 0.15) is 23.2 Å². The number of allylic oxidation sites excluding steroid dienone is 2. The van der Waals surface area contributed by atoms with Crippen molar-refractivity contribution in [2.45, 2.75) is 25.7 Å². The minimum Gasteiger partial charge on any atom is -0.478 e. The van der Waals surface area contributed by atoms with Crippen molar-refractivity contribution in [2.24, 2.45) is 0 Å². The molecule has 0 saturated carbocycles. The Kier molecular flexibility index (Phi) is 18.6. The lowest BCUT2D eigenvalue weighted by atomic mass is 10.1. The van der Waals surface area contributed by atoms with E-state index < -0.39 is 5.97 Å². The number of fused-ring (bicyclic) bond motifs is 2. The number of nitrogens with zero attached hydrogens (tertiary/aromatic N) is 9. The lowest BCUT2D eigenvalue weighted by Gasteiger charge is -2.32.